The summed E-state index contributed by atoms with van der Waals surface area (Å²) in [6.45, 7) is 11.0. The summed E-state index contributed by atoms with van der Waals surface area (Å²) in [7, 11) is 0.173. The molecule has 0 aromatic carbocycles. The van der Waals surface area contributed by atoms with E-state index in [4.69, 9.17) is 4.74 Å². The molecule has 29 heavy (non-hydrogen) atoms. The second-order valence-electron chi connectivity index (χ2n) is 8.55. The molecule has 0 aromatic rings. The number of methoxy groups -OCH3 is 1. The van der Waals surface area contributed by atoms with Gasteiger partial charge in [-0.15, -0.1) is 11.5 Å². The van der Waals surface area contributed by atoms with Crippen LogP contribution >= 0.6 is 0 Å². The molecular weight excluding hydrogens is 376 g/mol. The minimum atomic E-state index is -1.26. The highest BCUT2D eigenvalue weighted by Gasteiger charge is 2.08. The normalized spacial score (nSPS) is 13.0. The van der Waals surface area contributed by atoms with Crippen molar-refractivity contribution in [3.63, 3.8) is 0 Å². The average molecular weight is 417 g/mol. The predicted octanol–water partition coefficient (Wildman–Crippen LogP) is 6.57. The van der Waals surface area contributed by atoms with Gasteiger partial charge in [-0.25, -0.2) is 4.79 Å². The van der Waals surface area contributed by atoms with Gasteiger partial charge in [0.2, 0.25) is 0 Å². The molecule has 0 atom stereocenters. The SMILES string of the molecule is COC(=O)/C(=C/CC/C(C)=C/CCC#C[Si](C)(C)C)CC/C=C(\C)CCCC=O. The van der Waals surface area contributed by atoms with Gasteiger partial charge in [0.1, 0.15) is 14.4 Å². The van der Waals surface area contributed by atoms with E-state index < -0.39 is 8.07 Å². The summed E-state index contributed by atoms with van der Waals surface area (Å²) in [6.07, 6.45) is 15.0. The molecule has 4 heteroatoms. The number of rotatable bonds is 13. The highest BCUT2D eigenvalue weighted by Crippen LogP contribution is 2.15. The Morgan fingerprint density at radius 2 is 1.52 bits per heavy atom. The molecule has 0 spiro atoms. The molecule has 0 aliphatic heterocycles. The summed E-state index contributed by atoms with van der Waals surface area (Å²) < 4.78 is 4.93. The summed E-state index contributed by atoms with van der Waals surface area (Å²) in [5, 5.41) is 0. The lowest BCUT2D eigenvalue weighted by molar-refractivity contribution is -0.136. The molecule has 0 radical (unpaired) electrons. The highest BCUT2D eigenvalue weighted by molar-refractivity contribution is 6.83. The Bertz CT molecular complexity index is 652. The van der Waals surface area contributed by atoms with E-state index in [1.165, 1.54) is 18.3 Å². The van der Waals surface area contributed by atoms with Crippen LogP contribution in [0.3, 0.4) is 0 Å². The zero-order chi connectivity index (χ0) is 22.1. The number of carbonyl (C=O) groups is 2. The zero-order valence-corrected chi connectivity index (χ0v) is 20.4. The van der Waals surface area contributed by atoms with Crippen LogP contribution in [0.15, 0.2) is 34.9 Å². The second kappa shape index (κ2) is 16.0. The summed E-state index contributed by atoms with van der Waals surface area (Å²) in [4.78, 5) is 22.4. The molecule has 162 valence electrons. The molecule has 0 amide bonds. The van der Waals surface area contributed by atoms with Crippen LogP contribution in [-0.2, 0) is 14.3 Å². The largest absolute Gasteiger partial charge is 0.466 e. The standard InChI is InChI=1S/C25H40O3Si/c1-22(14-8-7-11-21-29(4,5)6)16-12-18-24(25(27)28-3)19-13-17-23(2)15-9-10-20-26/h14,17-18,20H,7-10,12-13,15-16,19H2,1-6H3/b22-14+,23-17+,24-18+. The van der Waals surface area contributed by atoms with Crippen LogP contribution in [0.1, 0.15) is 71.6 Å². The maximum absolute atomic E-state index is 12.0. The van der Waals surface area contributed by atoms with Gasteiger partial charge in [0.15, 0.2) is 0 Å². The molecule has 0 bridgehead atoms. The van der Waals surface area contributed by atoms with Crippen LogP contribution in [0.2, 0.25) is 19.6 Å². The molecule has 0 saturated heterocycles. The third-order valence-electron chi connectivity index (χ3n) is 4.40. The van der Waals surface area contributed by atoms with Gasteiger partial charge in [0, 0.05) is 18.4 Å². The molecule has 0 aliphatic rings. The first-order chi connectivity index (χ1) is 13.7. The van der Waals surface area contributed by atoms with Crippen molar-refractivity contribution in [3.8, 4) is 11.5 Å². The maximum Gasteiger partial charge on any atom is 0.333 e. The summed E-state index contributed by atoms with van der Waals surface area (Å²) >= 11 is 0. The Labute approximate surface area is 179 Å². The minimum Gasteiger partial charge on any atom is -0.466 e. The fourth-order valence-electron chi connectivity index (χ4n) is 2.75. The first kappa shape index (κ1) is 27.1. The van der Waals surface area contributed by atoms with Crippen LogP contribution in [0.4, 0.5) is 0 Å². The van der Waals surface area contributed by atoms with Gasteiger partial charge in [-0.2, -0.15) is 0 Å². The van der Waals surface area contributed by atoms with Crippen LogP contribution in [0, 0.1) is 11.5 Å². The fourth-order valence-corrected chi connectivity index (χ4v) is 3.41. The summed E-state index contributed by atoms with van der Waals surface area (Å²) in [6, 6.07) is 0. The molecule has 0 saturated carbocycles. The third kappa shape index (κ3) is 16.8. The highest BCUT2D eigenvalue weighted by atomic mass is 28.3. The third-order valence-corrected chi connectivity index (χ3v) is 5.33. The van der Waals surface area contributed by atoms with E-state index in [1.54, 1.807) is 0 Å². The average Bonchev–Trinajstić information content (AvgIpc) is 2.65. The first-order valence-corrected chi connectivity index (χ1v) is 14.2. The van der Waals surface area contributed by atoms with Gasteiger partial charge in [0.25, 0.3) is 0 Å². The van der Waals surface area contributed by atoms with Crippen LogP contribution in [-0.4, -0.2) is 27.4 Å². The minimum absolute atomic E-state index is 0.236. The number of allylic oxidation sites excluding steroid dienone is 5. The number of hydrogen-bond donors (Lipinski definition) is 0. The van der Waals surface area contributed by atoms with Gasteiger partial charge in [0.05, 0.1) is 7.11 Å². The van der Waals surface area contributed by atoms with Crippen molar-refractivity contribution < 1.29 is 14.3 Å². The van der Waals surface area contributed by atoms with Crippen molar-refractivity contribution in [3.05, 3.63) is 34.9 Å². The monoisotopic (exact) mass is 416 g/mol. The van der Waals surface area contributed by atoms with Gasteiger partial charge in [-0.3, -0.25) is 0 Å². The van der Waals surface area contributed by atoms with Crippen molar-refractivity contribution in [2.75, 3.05) is 7.11 Å². The van der Waals surface area contributed by atoms with E-state index in [2.05, 4.69) is 57.1 Å². The molecule has 0 N–H and O–H groups in total. The van der Waals surface area contributed by atoms with Crippen molar-refractivity contribution in [1.82, 2.24) is 0 Å². The lowest BCUT2D eigenvalue weighted by Crippen LogP contribution is -2.16. The number of carbonyl (C=O) groups excluding carboxylic acids is 2. The summed E-state index contributed by atoms with van der Waals surface area (Å²) in [5.41, 5.74) is 6.75. The fraction of sp³-hybridized carbons (Fsp3) is 0.600. The molecule has 0 heterocycles. The lowest BCUT2D eigenvalue weighted by Gasteiger charge is -2.06. The Morgan fingerprint density at radius 3 is 2.14 bits per heavy atom. The maximum atomic E-state index is 12.0. The van der Waals surface area contributed by atoms with Crippen LogP contribution < -0.4 is 0 Å². The lowest BCUT2D eigenvalue weighted by atomic mass is 10.0. The number of unbranched alkanes of at least 4 members (excludes halogenated alkanes) is 2. The van der Waals surface area contributed by atoms with Gasteiger partial charge >= 0.3 is 5.97 Å². The molecule has 3 nitrogen and oxygen atoms in total. The number of ether oxygens (including phenoxy) is 1. The predicted molar refractivity (Wildman–Crippen MR) is 126 cm³/mol. The van der Waals surface area contributed by atoms with Crippen molar-refractivity contribution in [2.24, 2.45) is 0 Å². The van der Waals surface area contributed by atoms with Gasteiger partial charge in [-0.05, 0) is 58.8 Å². The van der Waals surface area contributed by atoms with Gasteiger partial charge < -0.3 is 9.53 Å². The van der Waals surface area contributed by atoms with Crippen molar-refractivity contribution in [1.29, 1.82) is 0 Å². The quantitative estimate of drug-likeness (QED) is 0.0648. The number of aldehydes is 1. The topological polar surface area (TPSA) is 43.4 Å². The summed E-state index contributed by atoms with van der Waals surface area (Å²) in [5.74, 6) is 3.06. The van der Waals surface area contributed by atoms with Crippen molar-refractivity contribution >= 4 is 20.3 Å². The van der Waals surface area contributed by atoms with Crippen LogP contribution in [0.5, 0.6) is 0 Å². The molecule has 0 aromatic heterocycles. The molecule has 0 unspecified atom stereocenters. The Hall–Kier alpha value is -1.86. The number of esters is 1. The van der Waals surface area contributed by atoms with Gasteiger partial charge in [-0.1, -0.05) is 49.0 Å². The van der Waals surface area contributed by atoms with E-state index in [0.717, 1.165) is 56.8 Å². The van der Waals surface area contributed by atoms with E-state index in [-0.39, 0.29) is 5.97 Å². The zero-order valence-electron chi connectivity index (χ0n) is 19.4. The van der Waals surface area contributed by atoms with Crippen LogP contribution in [0.25, 0.3) is 0 Å². The Balaban J connectivity index is 4.51. The molecule has 0 rings (SSSR count). The Kier molecular flexibility index (Phi) is 15.0. The van der Waals surface area contributed by atoms with E-state index in [0.29, 0.717) is 12.8 Å². The van der Waals surface area contributed by atoms with E-state index >= 15 is 0 Å². The molecular formula is C25H40O3Si. The second-order valence-corrected chi connectivity index (χ2v) is 13.3. The molecule has 0 aliphatic carbocycles. The number of hydrogen-bond acceptors (Lipinski definition) is 3. The first-order valence-electron chi connectivity index (χ1n) is 10.7. The van der Waals surface area contributed by atoms with E-state index in [1.807, 2.05) is 6.08 Å². The molecule has 0 fully saturated rings. The Morgan fingerprint density at radius 1 is 0.897 bits per heavy atom. The van der Waals surface area contributed by atoms with E-state index in [9.17, 15) is 9.59 Å². The van der Waals surface area contributed by atoms with Crippen molar-refractivity contribution in [2.45, 2.75) is 91.3 Å². The smallest absolute Gasteiger partial charge is 0.333 e.